The van der Waals surface area contributed by atoms with Gasteiger partial charge in [-0.3, -0.25) is 0 Å². The summed E-state index contributed by atoms with van der Waals surface area (Å²) in [4.78, 5) is 7.05. The van der Waals surface area contributed by atoms with Gasteiger partial charge in [0.15, 0.2) is 0 Å². The van der Waals surface area contributed by atoms with E-state index in [0.29, 0.717) is 6.04 Å². The van der Waals surface area contributed by atoms with Crippen LogP contribution in [0, 0.1) is 6.92 Å². The minimum atomic E-state index is 0.290. The summed E-state index contributed by atoms with van der Waals surface area (Å²) in [5.74, 6) is 1.07. The summed E-state index contributed by atoms with van der Waals surface area (Å²) < 4.78 is 5.57. The minimum absolute atomic E-state index is 0.290. The van der Waals surface area contributed by atoms with Gasteiger partial charge in [-0.05, 0) is 25.5 Å². The van der Waals surface area contributed by atoms with Crippen LogP contribution in [0.4, 0.5) is 5.82 Å². The number of hydrogen-bond donors (Lipinski definition) is 1. The van der Waals surface area contributed by atoms with Crippen molar-refractivity contribution < 1.29 is 4.74 Å². The molecular weight excluding hydrogens is 238 g/mol. The van der Waals surface area contributed by atoms with Gasteiger partial charge in [-0.15, -0.1) is 0 Å². The maximum atomic E-state index is 5.57. The standard InChI is InChI=1S/C15H25N3O/c1-11(2)16-9-14-5-6-15(17-13(14)4)18-7-8-19-12(3)10-18/h5-6,11-12,16H,7-10H2,1-4H3. The highest BCUT2D eigenvalue weighted by Crippen LogP contribution is 2.17. The maximum absolute atomic E-state index is 5.57. The summed E-state index contributed by atoms with van der Waals surface area (Å²) in [7, 11) is 0. The fourth-order valence-corrected chi connectivity index (χ4v) is 2.28. The van der Waals surface area contributed by atoms with E-state index in [-0.39, 0.29) is 6.10 Å². The van der Waals surface area contributed by atoms with Gasteiger partial charge in [0.2, 0.25) is 0 Å². The first kappa shape index (κ1) is 14.3. The Morgan fingerprint density at radius 2 is 2.26 bits per heavy atom. The van der Waals surface area contributed by atoms with Gasteiger partial charge in [-0.1, -0.05) is 19.9 Å². The third-order valence-corrected chi connectivity index (χ3v) is 3.45. The number of anilines is 1. The van der Waals surface area contributed by atoms with E-state index < -0.39 is 0 Å². The van der Waals surface area contributed by atoms with E-state index in [1.165, 1.54) is 5.56 Å². The van der Waals surface area contributed by atoms with Crippen LogP contribution in [0.25, 0.3) is 0 Å². The molecule has 1 aromatic rings. The van der Waals surface area contributed by atoms with Crippen molar-refractivity contribution in [2.75, 3.05) is 24.6 Å². The topological polar surface area (TPSA) is 37.4 Å². The maximum Gasteiger partial charge on any atom is 0.128 e. The van der Waals surface area contributed by atoms with Crippen molar-refractivity contribution in [3.63, 3.8) is 0 Å². The smallest absolute Gasteiger partial charge is 0.128 e. The second-order valence-corrected chi connectivity index (χ2v) is 5.58. The summed E-state index contributed by atoms with van der Waals surface area (Å²) in [6.07, 6.45) is 0.290. The third kappa shape index (κ3) is 3.91. The van der Waals surface area contributed by atoms with Crippen molar-refractivity contribution in [3.05, 3.63) is 23.4 Å². The molecule has 2 heterocycles. The Morgan fingerprint density at radius 1 is 1.47 bits per heavy atom. The molecule has 1 aromatic heterocycles. The number of nitrogens with one attached hydrogen (secondary N) is 1. The van der Waals surface area contributed by atoms with E-state index in [1.807, 2.05) is 0 Å². The van der Waals surface area contributed by atoms with Crippen molar-refractivity contribution in [1.29, 1.82) is 0 Å². The lowest BCUT2D eigenvalue weighted by Crippen LogP contribution is -2.41. The molecule has 19 heavy (non-hydrogen) atoms. The highest BCUT2D eigenvalue weighted by Gasteiger charge is 2.18. The highest BCUT2D eigenvalue weighted by atomic mass is 16.5. The predicted molar refractivity (Wildman–Crippen MR) is 78.6 cm³/mol. The summed E-state index contributed by atoms with van der Waals surface area (Å²) in [6.45, 7) is 12.1. The highest BCUT2D eigenvalue weighted by molar-refractivity contribution is 5.42. The molecule has 0 spiro atoms. The molecule has 1 unspecified atom stereocenters. The molecule has 2 rings (SSSR count). The molecule has 0 radical (unpaired) electrons. The quantitative estimate of drug-likeness (QED) is 0.903. The van der Waals surface area contributed by atoms with Gasteiger partial charge < -0.3 is 15.0 Å². The molecule has 0 amide bonds. The minimum Gasteiger partial charge on any atom is -0.375 e. The van der Waals surface area contributed by atoms with Crippen molar-refractivity contribution in [3.8, 4) is 0 Å². The zero-order chi connectivity index (χ0) is 13.8. The van der Waals surface area contributed by atoms with Gasteiger partial charge in [0.1, 0.15) is 5.82 Å². The van der Waals surface area contributed by atoms with Crippen LogP contribution in [0.5, 0.6) is 0 Å². The fraction of sp³-hybridized carbons (Fsp3) is 0.667. The number of morpholine rings is 1. The molecule has 0 saturated carbocycles. The Morgan fingerprint density at radius 3 is 2.89 bits per heavy atom. The number of aromatic nitrogens is 1. The Bertz CT molecular complexity index is 420. The largest absolute Gasteiger partial charge is 0.375 e. The van der Waals surface area contributed by atoms with Gasteiger partial charge >= 0.3 is 0 Å². The number of ether oxygens (including phenoxy) is 1. The Labute approximate surface area is 116 Å². The first-order valence-corrected chi connectivity index (χ1v) is 7.12. The SMILES string of the molecule is Cc1nc(N2CCOC(C)C2)ccc1CNC(C)C. The van der Waals surface area contributed by atoms with Crippen LogP contribution in [0.2, 0.25) is 0 Å². The summed E-state index contributed by atoms with van der Waals surface area (Å²) in [5, 5.41) is 3.44. The van der Waals surface area contributed by atoms with E-state index in [4.69, 9.17) is 9.72 Å². The molecule has 0 aromatic carbocycles. The number of hydrogen-bond acceptors (Lipinski definition) is 4. The van der Waals surface area contributed by atoms with E-state index in [0.717, 1.165) is 37.8 Å². The normalized spacial score (nSPS) is 20.1. The molecule has 1 saturated heterocycles. The fourth-order valence-electron chi connectivity index (χ4n) is 2.28. The van der Waals surface area contributed by atoms with Crippen LogP contribution in [0.1, 0.15) is 32.0 Å². The second-order valence-electron chi connectivity index (χ2n) is 5.58. The first-order chi connectivity index (χ1) is 9.06. The number of nitrogens with zero attached hydrogens (tertiary/aromatic N) is 2. The Balaban J connectivity index is 2.05. The molecule has 4 heteroatoms. The Hall–Kier alpha value is -1.13. The molecule has 4 nitrogen and oxygen atoms in total. The number of pyridine rings is 1. The monoisotopic (exact) mass is 263 g/mol. The molecule has 1 aliphatic heterocycles. The predicted octanol–water partition coefficient (Wildman–Crippen LogP) is 2.11. The van der Waals surface area contributed by atoms with Gasteiger partial charge in [0.25, 0.3) is 0 Å². The van der Waals surface area contributed by atoms with Crippen LogP contribution in [-0.2, 0) is 11.3 Å². The molecule has 106 valence electrons. The van der Waals surface area contributed by atoms with E-state index in [1.54, 1.807) is 0 Å². The van der Waals surface area contributed by atoms with Gasteiger partial charge in [0.05, 0.1) is 12.7 Å². The van der Waals surface area contributed by atoms with Crippen molar-refractivity contribution >= 4 is 5.82 Å². The molecular formula is C15H25N3O. The average Bonchev–Trinajstić information content (AvgIpc) is 2.37. The van der Waals surface area contributed by atoms with Crippen LogP contribution >= 0.6 is 0 Å². The van der Waals surface area contributed by atoms with Gasteiger partial charge in [-0.25, -0.2) is 4.98 Å². The van der Waals surface area contributed by atoms with Crippen molar-refractivity contribution in [2.45, 2.75) is 46.4 Å². The zero-order valence-electron chi connectivity index (χ0n) is 12.4. The lowest BCUT2D eigenvalue weighted by Gasteiger charge is -2.32. The van der Waals surface area contributed by atoms with E-state index >= 15 is 0 Å². The van der Waals surface area contributed by atoms with Crippen LogP contribution in [0.3, 0.4) is 0 Å². The van der Waals surface area contributed by atoms with Gasteiger partial charge in [-0.2, -0.15) is 0 Å². The molecule has 0 bridgehead atoms. The molecule has 0 aliphatic carbocycles. The average molecular weight is 263 g/mol. The molecule has 1 N–H and O–H groups in total. The summed E-state index contributed by atoms with van der Waals surface area (Å²) >= 11 is 0. The Kier molecular flexibility index (Phi) is 4.77. The lowest BCUT2D eigenvalue weighted by molar-refractivity contribution is 0.0529. The zero-order valence-corrected chi connectivity index (χ0v) is 12.4. The van der Waals surface area contributed by atoms with E-state index in [9.17, 15) is 0 Å². The molecule has 1 aliphatic rings. The van der Waals surface area contributed by atoms with Crippen LogP contribution in [-0.4, -0.2) is 36.8 Å². The lowest BCUT2D eigenvalue weighted by atomic mass is 10.2. The third-order valence-electron chi connectivity index (χ3n) is 3.45. The number of aryl methyl sites for hydroxylation is 1. The van der Waals surface area contributed by atoms with Crippen molar-refractivity contribution in [1.82, 2.24) is 10.3 Å². The summed E-state index contributed by atoms with van der Waals surface area (Å²) in [5.41, 5.74) is 2.39. The van der Waals surface area contributed by atoms with Crippen LogP contribution in [0.15, 0.2) is 12.1 Å². The van der Waals surface area contributed by atoms with Crippen LogP contribution < -0.4 is 10.2 Å². The van der Waals surface area contributed by atoms with Gasteiger partial charge in [0, 0.05) is 31.4 Å². The van der Waals surface area contributed by atoms with Crippen molar-refractivity contribution in [2.24, 2.45) is 0 Å². The number of rotatable bonds is 4. The first-order valence-electron chi connectivity index (χ1n) is 7.12. The molecule has 1 fully saturated rings. The summed E-state index contributed by atoms with van der Waals surface area (Å²) in [6, 6.07) is 4.81. The molecule has 1 atom stereocenters. The second kappa shape index (κ2) is 6.35. The van der Waals surface area contributed by atoms with E-state index in [2.05, 4.69) is 50.0 Å².